The van der Waals surface area contributed by atoms with Gasteiger partial charge in [-0.25, -0.2) is 8.78 Å². The maximum Gasteiger partial charge on any atom is 0.275 e. The number of halogens is 2. The van der Waals surface area contributed by atoms with Gasteiger partial charge in [0.1, 0.15) is 17.2 Å². The average Bonchev–Trinajstić information content (AvgIpc) is 2.85. The van der Waals surface area contributed by atoms with Gasteiger partial charge in [-0.05, 0) is 25.3 Å². The third-order valence-electron chi connectivity index (χ3n) is 6.50. The Bertz CT molecular complexity index is 1240. The Morgan fingerprint density at radius 2 is 2.14 bits per heavy atom. The van der Waals surface area contributed by atoms with Crippen LogP contribution in [0.25, 0.3) is 0 Å². The summed E-state index contributed by atoms with van der Waals surface area (Å²) in [5.74, 6) is -3.84. The Labute approximate surface area is 205 Å². The van der Waals surface area contributed by atoms with E-state index in [1.807, 2.05) is 0 Å². The minimum atomic E-state index is -1.02. The van der Waals surface area contributed by atoms with Crippen LogP contribution in [0, 0.1) is 11.6 Å². The predicted molar refractivity (Wildman–Crippen MR) is 124 cm³/mol. The molecule has 3 heterocycles. The fourth-order valence-electron chi connectivity index (χ4n) is 4.75. The molecule has 2 aliphatic rings. The van der Waals surface area contributed by atoms with Gasteiger partial charge in [-0.15, -0.1) is 0 Å². The quantitative estimate of drug-likeness (QED) is 0.423. The molecule has 2 amide bonds. The summed E-state index contributed by atoms with van der Waals surface area (Å²) in [5.41, 5.74) is -2.31. The van der Waals surface area contributed by atoms with Crippen LogP contribution in [-0.2, 0) is 22.6 Å². The second kappa shape index (κ2) is 10.5. The van der Waals surface area contributed by atoms with E-state index in [-0.39, 0.29) is 31.0 Å². The summed E-state index contributed by atoms with van der Waals surface area (Å²) in [4.78, 5) is 40.8. The second-order valence-corrected chi connectivity index (χ2v) is 8.84. The molecule has 9 nitrogen and oxygen atoms in total. The smallest absolute Gasteiger partial charge is 0.275 e. The molecular weight excluding hydrogens is 476 g/mol. The molecule has 0 saturated carbocycles. The molecule has 1 fully saturated rings. The van der Waals surface area contributed by atoms with Crippen molar-refractivity contribution in [1.29, 1.82) is 0 Å². The number of aromatic nitrogens is 1. The van der Waals surface area contributed by atoms with E-state index in [4.69, 9.17) is 9.47 Å². The van der Waals surface area contributed by atoms with Crippen LogP contribution in [0.5, 0.6) is 5.75 Å². The number of nitrogens with one attached hydrogen (secondary N) is 1. The number of nitrogens with zero attached hydrogens (tertiary/aromatic N) is 2. The van der Waals surface area contributed by atoms with Gasteiger partial charge in [0.2, 0.25) is 5.43 Å². The van der Waals surface area contributed by atoms with E-state index in [1.54, 1.807) is 4.90 Å². The minimum Gasteiger partial charge on any atom is -0.503 e. The Morgan fingerprint density at radius 1 is 1.33 bits per heavy atom. The van der Waals surface area contributed by atoms with Crippen LogP contribution in [0.15, 0.2) is 42.0 Å². The van der Waals surface area contributed by atoms with Crippen molar-refractivity contribution in [3.63, 3.8) is 0 Å². The lowest BCUT2D eigenvalue weighted by molar-refractivity contribution is -0.0555. The summed E-state index contributed by atoms with van der Waals surface area (Å²) in [6.07, 6.45) is 4.41. The first-order chi connectivity index (χ1) is 17.3. The van der Waals surface area contributed by atoms with Crippen molar-refractivity contribution < 1.29 is 33.0 Å². The number of amides is 2. The van der Waals surface area contributed by atoms with Crippen molar-refractivity contribution in [1.82, 2.24) is 14.8 Å². The Hall–Kier alpha value is -3.73. The summed E-state index contributed by atoms with van der Waals surface area (Å²) >= 11 is 0. The van der Waals surface area contributed by atoms with Crippen molar-refractivity contribution in [2.75, 3.05) is 26.4 Å². The molecule has 2 aromatic rings. The van der Waals surface area contributed by atoms with Crippen molar-refractivity contribution in [2.24, 2.45) is 0 Å². The Kier molecular flexibility index (Phi) is 7.39. The molecule has 0 aliphatic carbocycles. The number of carbonyl (C=O) groups is 2. The van der Waals surface area contributed by atoms with Gasteiger partial charge >= 0.3 is 0 Å². The fourth-order valence-corrected chi connectivity index (χ4v) is 4.75. The first kappa shape index (κ1) is 25.4. The van der Waals surface area contributed by atoms with Crippen LogP contribution in [0.2, 0.25) is 0 Å². The lowest BCUT2D eigenvalue weighted by Gasteiger charge is -2.49. The van der Waals surface area contributed by atoms with Crippen LogP contribution >= 0.6 is 0 Å². The van der Waals surface area contributed by atoms with Gasteiger partial charge in [0, 0.05) is 44.1 Å². The van der Waals surface area contributed by atoms with E-state index in [9.17, 15) is 28.3 Å². The molecule has 2 aliphatic heterocycles. The van der Waals surface area contributed by atoms with E-state index in [1.165, 1.54) is 23.1 Å². The molecule has 0 bridgehead atoms. The zero-order chi connectivity index (χ0) is 25.9. The number of hydrogen-bond donors (Lipinski definition) is 2. The van der Waals surface area contributed by atoms with Crippen molar-refractivity contribution in [2.45, 2.75) is 37.9 Å². The van der Waals surface area contributed by atoms with Gasteiger partial charge in [-0.3, -0.25) is 14.4 Å². The molecule has 1 spiro atoms. The van der Waals surface area contributed by atoms with E-state index >= 15 is 0 Å². The van der Waals surface area contributed by atoms with Gasteiger partial charge in [0.05, 0.1) is 25.0 Å². The van der Waals surface area contributed by atoms with Crippen molar-refractivity contribution >= 4 is 11.8 Å². The van der Waals surface area contributed by atoms with Crippen LogP contribution in [-0.4, -0.2) is 58.3 Å². The third-order valence-corrected chi connectivity index (χ3v) is 6.50. The monoisotopic (exact) mass is 503 g/mol. The second-order valence-electron chi connectivity index (χ2n) is 8.84. The largest absolute Gasteiger partial charge is 0.503 e. The van der Waals surface area contributed by atoms with Crippen LogP contribution < -0.4 is 10.7 Å². The third kappa shape index (κ3) is 4.83. The summed E-state index contributed by atoms with van der Waals surface area (Å²) in [6.45, 7) is 4.87. The molecular formula is C25H27F2N3O6. The van der Waals surface area contributed by atoms with Crippen molar-refractivity contribution in [3.05, 3.63) is 75.9 Å². The molecule has 1 atom stereocenters. The number of aromatic hydroxyl groups is 1. The van der Waals surface area contributed by atoms with Crippen LogP contribution in [0.4, 0.5) is 8.78 Å². The number of ether oxygens (including phenoxy) is 2. The normalized spacial score (nSPS) is 19.2. The fraction of sp³-hybridized carbons (Fsp3) is 0.400. The van der Waals surface area contributed by atoms with Crippen molar-refractivity contribution in [3.8, 4) is 5.75 Å². The number of fused-ring (bicyclic) bond motifs is 1. The summed E-state index contributed by atoms with van der Waals surface area (Å²) in [6, 6.07) is 2.92. The SMILES string of the molecule is C=COCCCN1C(=O)c2c(O)c(=O)c(C(=O)NCc3ccc(F)cc3F)cn2CC12CCCOC2. The van der Waals surface area contributed by atoms with Crippen LogP contribution in [0.3, 0.4) is 0 Å². The zero-order valence-electron chi connectivity index (χ0n) is 19.6. The lowest BCUT2D eigenvalue weighted by atomic mass is 9.87. The number of hydrogen-bond acceptors (Lipinski definition) is 6. The minimum absolute atomic E-state index is 0.0246. The van der Waals surface area contributed by atoms with Crippen LogP contribution in [0.1, 0.15) is 45.7 Å². The molecule has 4 rings (SSSR count). The first-order valence-corrected chi connectivity index (χ1v) is 11.6. The molecule has 0 radical (unpaired) electrons. The van der Waals surface area contributed by atoms with E-state index in [0.29, 0.717) is 45.1 Å². The standard InChI is InChI=1S/C25H27F2N3O6/c1-2-35-10-4-8-30-24(34)20-22(32)21(31)18(13-29(20)14-25(30)7-3-9-36-15-25)23(33)28-12-16-5-6-17(26)11-19(16)27/h2,5-6,11,13,32H,1,3-4,7-10,12,14-15H2,(H,28,33). The van der Waals surface area contributed by atoms with Gasteiger partial charge in [0.25, 0.3) is 11.8 Å². The van der Waals surface area contributed by atoms with Gasteiger partial charge in [-0.2, -0.15) is 0 Å². The Morgan fingerprint density at radius 3 is 2.83 bits per heavy atom. The number of carbonyl (C=O) groups excluding carboxylic acids is 2. The predicted octanol–water partition coefficient (Wildman–Crippen LogP) is 2.32. The lowest BCUT2D eigenvalue weighted by Crippen LogP contribution is -2.62. The molecule has 11 heteroatoms. The number of rotatable bonds is 8. The molecule has 2 N–H and O–H groups in total. The molecule has 1 aromatic heterocycles. The highest BCUT2D eigenvalue weighted by Gasteiger charge is 2.47. The highest BCUT2D eigenvalue weighted by atomic mass is 19.1. The van der Waals surface area contributed by atoms with E-state index in [0.717, 1.165) is 6.07 Å². The topological polar surface area (TPSA) is 110 Å². The summed E-state index contributed by atoms with van der Waals surface area (Å²) < 4.78 is 39.3. The molecule has 1 aromatic carbocycles. The summed E-state index contributed by atoms with van der Waals surface area (Å²) in [5, 5.41) is 13.1. The molecule has 1 unspecified atom stereocenters. The summed E-state index contributed by atoms with van der Waals surface area (Å²) in [7, 11) is 0. The number of benzene rings is 1. The molecule has 192 valence electrons. The molecule has 36 heavy (non-hydrogen) atoms. The zero-order valence-corrected chi connectivity index (χ0v) is 19.6. The number of pyridine rings is 1. The average molecular weight is 504 g/mol. The highest BCUT2D eigenvalue weighted by Crippen LogP contribution is 2.35. The molecule has 1 saturated heterocycles. The van der Waals surface area contributed by atoms with Gasteiger partial charge in [0.15, 0.2) is 11.4 Å². The van der Waals surface area contributed by atoms with E-state index in [2.05, 4.69) is 11.9 Å². The van der Waals surface area contributed by atoms with Gasteiger partial charge < -0.3 is 29.4 Å². The maximum absolute atomic E-state index is 13.9. The highest BCUT2D eigenvalue weighted by molar-refractivity contribution is 5.99. The Balaban J connectivity index is 1.63. The first-order valence-electron chi connectivity index (χ1n) is 11.6. The van der Waals surface area contributed by atoms with Gasteiger partial charge in [-0.1, -0.05) is 12.6 Å². The maximum atomic E-state index is 13.9. The van der Waals surface area contributed by atoms with E-state index < -0.39 is 45.7 Å².